The van der Waals surface area contributed by atoms with Crippen molar-refractivity contribution in [3.8, 4) is 0 Å². The van der Waals surface area contributed by atoms with Crippen LogP contribution in [0.3, 0.4) is 0 Å². The van der Waals surface area contributed by atoms with E-state index in [0.717, 1.165) is 19.5 Å². The first-order valence-electron chi connectivity index (χ1n) is 6.70. The lowest BCUT2D eigenvalue weighted by Gasteiger charge is -2.31. The van der Waals surface area contributed by atoms with Gasteiger partial charge in [0, 0.05) is 24.0 Å². The highest BCUT2D eigenvalue weighted by atomic mass is 79.9. The molecule has 2 fully saturated rings. The van der Waals surface area contributed by atoms with Crippen molar-refractivity contribution in [2.45, 2.75) is 23.8 Å². The van der Waals surface area contributed by atoms with Crippen LogP contribution >= 0.6 is 15.9 Å². The van der Waals surface area contributed by atoms with Crippen LogP contribution in [0, 0.1) is 11.8 Å². The van der Waals surface area contributed by atoms with E-state index in [1.807, 2.05) is 6.07 Å². The first-order valence-corrected chi connectivity index (χ1v) is 7.62. The minimum atomic E-state index is -0.0605. The highest BCUT2D eigenvalue weighted by Gasteiger charge is 2.54. The average molecular weight is 324 g/mol. The van der Waals surface area contributed by atoms with E-state index >= 15 is 0 Å². The molecule has 4 heteroatoms. The van der Waals surface area contributed by atoms with Crippen LogP contribution in [0.5, 0.6) is 0 Å². The van der Waals surface area contributed by atoms with E-state index in [1.54, 1.807) is 0 Å². The summed E-state index contributed by atoms with van der Waals surface area (Å²) in [6, 6.07) is 10.7. The number of rotatable bonds is 3. The van der Waals surface area contributed by atoms with Crippen molar-refractivity contribution in [1.82, 2.24) is 4.90 Å². The van der Waals surface area contributed by atoms with Crippen molar-refractivity contribution in [3.63, 3.8) is 0 Å². The number of alkyl halides is 1. The van der Waals surface area contributed by atoms with E-state index in [1.165, 1.54) is 12.7 Å². The van der Waals surface area contributed by atoms with Crippen LogP contribution in [0.25, 0.3) is 0 Å². The standard InChI is InChI=1S/C15H18BrNO2/c1-19-15(18)12-7-11-9-17(14(12)13(11)16)8-10-5-3-2-4-6-10/h2-6,11-14H,7-9H2,1H3/t11-,12-,13+,14+/m0/s1. The number of hydrogen-bond acceptors (Lipinski definition) is 3. The highest BCUT2D eigenvalue weighted by molar-refractivity contribution is 9.09. The molecule has 1 saturated heterocycles. The monoisotopic (exact) mass is 323 g/mol. The van der Waals surface area contributed by atoms with Crippen LogP contribution < -0.4 is 0 Å². The average Bonchev–Trinajstić information content (AvgIpc) is 2.91. The second-order valence-corrected chi connectivity index (χ2v) is 6.53. The minimum absolute atomic E-state index is 0.0248. The molecular weight excluding hydrogens is 306 g/mol. The lowest BCUT2D eigenvalue weighted by atomic mass is 9.98. The summed E-state index contributed by atoms with van der Waals surface area (Å²) in [4.78, 5) is 14.7. The molecule has 0 N–H and O–H groups in total. The SMILES string of the molecule is COC(=O)[C@H]1C[C@H]2CN(Cc3ccccc3)[C@H]1[C@@H]2Br. The molecular formula is C15H18BrNO2. The molecule has 4 atom stereocenters. The maximum absolute atomic E-state index is 11.9. The predicted molar refractivity (Wildman–Crippen MR) is 77.0 cm³/mol. The zero-order valence-corrected chi connectivity index (χ0v) is 12.5. The summed E-state index contributed by atoms with van der Waals surface area (Å²) >= 11 is 3.77. The first kappa shape index (κ1) is 13.1. The number of esters is 1. The minimum Gasteiger partial charge on any atom is -0.469 e. The number of carbonyl (C=O) groups is 1. The largest absolute Gasteiger partial charge is 0.469 e. The number of nitrogens with zero attached hydrogens (tertiary/aromatic N) is 1. The molecule has 0 radical (unpaired) electrons. The molecule has 1 aliphatic carbocycles. The summed E-state index contributed by atoms with van der Waals surface area (Å²) < 4.78 is 4.95. The molecule has 102 valence electrons. The zero-order chi connectivity index (χ0) is 13.4. The van der Waals surface area contributed by atoms with Crippen molar-refractivity contribution in [1.29, 1.82) is 0 Å². The van der Waals surface area contributed by atoms with Crippen LogP contribution in [-0.4, -0.2) is 35.4 Å². The fourth-order valence-corrected chi connectivity index (χ4v) is 4.61. The van der Waals surface area contributed by atoms with Gasteiger partial charge in [0.05, 0.1) is 13.0 Å². The number of methoxy groups -OCH3 is 1. The van der Waals surface area contributed by atoms with Crippen molar-refractivity contribution in [2.24, 2.45) is 11.8 Å². The Morgan fingerprint density at radius 1 is 1.42 bits per heavy atom. The van der Waals surface area contributed by atoms with E-state index in [2.05, 4.69) is 45.1 Å². The van der Waals surface area contributed by atoms with E-state index in [4.69, 9.17) is 4.74 Å². The summed E-state index contributed by atoms with van der Waals surface area (Å²) in [7, 11) is 1.49. The normalized spacial score (nSPS) is 33.6. The zero-order valence-electron chi connectivity index (χ0n) is 11.0. The Bertz CT molecular complexity index is 464. The molecule has 1 aromatic carbocycles. The van der Waals surface area contributed by atoms with Gasteiger partial charge in [-0.05, 0) is 17.9 Å². The van der Waals surface area contributed by atoms with Gasteiger partial charge in [-0.3, -0.25) is 9.69 Å². The summed E-state index contributed by atoms with van der Waals surface area (Å²) in [6.45, 7) is 1.99. The summed E-state index contributed by atoms with van der Waals surface area (Å²) in [5, 5.41) is 0. The van der Waals surface area contributed by atoms with Crippen LogP contribution in [0.2, 0.25) is 0 Å². The number of halogens is 1. The molecule has 1 saturated carbocycles. The second-order valence-electron chi connectivity index (χ2n) is 5.48. The van der Waals surface area contributed by atoms with Crippen LogP contribution in [-0.2, 0) is 16.1 Å². The van der Waals surface area contributed by atoms with Crippen LogP contribution in [0.1, 0.15) is 12.0 Å². The lowest BCUT2D eigenvalue weighted by molar-refractivity contribution is -0.148. The molecule has 2 bridgehead atoms. The predicted octanol–water partition coefficient (Wildman–Crippen LogP) is 2.44. The Morgan fingerprint density at radius 2 is 2.16 bits per heavy atom. The molecule has 0 amide bonds. The molecule has 19 heavy (non-hydrogen) atoms. The maximum Gasteiger partial charge on any atom is 0.310 e. The van der Waals surface area contributed by atoms with Crippen LogP contribution in [0.15, 0.2) is 30.3 Å². The second kappa shape index (κ2) is 5.25. The number of hydrogen-bond donors (Lipinski definition) is 0. The number of piperidine rings is 1. The summed E-state index contributed by atoms with van der Waals surface area (Å²) in [5.41, 5.74) is 1.30. The molecule has 0 unspecified atom stereocenters. The van der Waals surface area contributed by atoms with Gasteiger partial charge < -0.3 is 4.74 Å². The fourth-order valence-electron chi connectivity index (χ4n) is 3.53. The topological polar surface area (TPSA) is 29.5 Å². The van der Waals surface area contributed by atoms with Crippen molar-refractivity contribution < 1.29 is 9.53 Å². The number of benzene rings is 1. The van der Waals surface area contributed by atoms with E-state index in [0.29, 0.717) is 10.7 Å². The molecule has 1 heterocycles. The van der Waals surface area contributed by atoms with Crippen LogP contribution in [0.4, 0.5) is 0 Å². The van der Waals surface area contributed by atoms with Crippen molar-refractivity contribution in [3.05, 3.63) is 35.9 Å². The van der Waals surface area contributed by atoms with Gasteiger partial charge in [-0.25, -0.2) is 0 Å². The van der Waals surface area contributed by atoms with Gasteiger partial charge in [-0.15, -0.1) is 0 Å². The fraction of sp³-hybridized carbons (Fsp3) is 0.533. The molecule has 3 nitrogen and oxygen atoms in total. The third-order valence-corrected chi connectivity index (χ3v) is 5.66. The Labute approximate surface area is 122 Å². The van der Waals surface area contributed by atoms with Gasteiger partial charge in [0.15, 0.2) is 0 Å². The number of ether oxygens (including phenoxy) is 1. The van der Waals surface area contributed by atoms with Gasteiger partial charge in [-0.2, -0.15) is 0 Å². The smallest absolute Gasteiger partial charge is 0.310 e. The molecule has 3 rings (SSSR count). The molecule has 1 aliphatic heterocycles. The third kappa shape index (κ3) is 2.32. The molecule has 0 spiro atoms. The first-order chi connectivity index (χ1) is 9.20. The third-order valence-electron chi connectivity index (χ3n) is 4.37. The quantitative estimate of drug-likeness (QED) is 0.632. The summed E-state index contributed by atoms with van der Waals surface area (Å²) in [6.07, 6.45) is 0.957. The Kier molecular flexibility index (Phi) is 3.63. The Hall–Kier alpha value is -0.870. The maximum atomic E-state index is 11.9. The number of carbonyl (C=O) groups excluding carboxylic acids is 1. The number of likely N-dealkylation sites (tertiary alicyclic amines) is 1. The molecule has 2 aliphatic rings. The van der Waals surface area contributed by atoms with Gasteiger partial charge in [0.25, 0.3) is 0 Å². The van der Waals surface area contributed by atoms with Gasteiger partial charge >= 0.3 is 5.97 Å². The van der Waals surface area contributed by atoms with E-state index < -0.39 is 0 Å². The van der Waals surface area contributed by atoms with Gasteiger partial charge in [0.2, 0.25) is 0 Å². The lowest BCUT2D eigenvalue weighted by Crippen LogP contribution is -2.42. The Morgan fingerprint density at radius 3 is 2.79 bits per heavy atom. The van der Waals surface area contributed by atoms with E-state index in [9.17, 15) is 4.79 Å². The van der Waals surface area contributed by atoms with E-state index in [-0.39, 0.29) is 17.9 Å². The van der Waals surface area contributed by atoms with Gasteiger partial charge in [-0.1, -0.05) is 46.3 Å². The Balaban J connectivity index is 1.76. The molecule has 1 aromatic rings. The summed E-state index contributed by atoms with van der Waals surface area (Å²) in [5.74, 6) is 0.532. The van der Waals surface area contributed by atoms with Crippen molar-refractivity contribution >= 4 is 21.9 Å². The van der Waals surface area contributed by atoms with Crippen molar-refractivity contribution in [2.75, 3.05) is 13.7 Å². The molecule has 0 aromatic heterocycles. The highest BCUT2D eigenvalue weighted by Crippen LogP contribution is 2.46. The number of fused-ring (bicyclic) bond motifs is 2. The van der Waals surface area contributed by atoms with Gasteiger partial charge in [0.1, 0.15) is 0 Å².